The van der Waals surface area contributed by atoms with Gasteiger partial charge in [0.25, 0.3) is 5.22 Å². The molecule has 0 aliphatic carbocycles. The highest BCUT2D eigenvalue weighted by atomic mass is 32.2. The van der Waals surface area contributed by atoms with Crippen molar-refractivity contribution in [1.82, 2.24) is 15.3 Å². The standard InChI is InChI=1S/C15H21N3OS/c1-5-7-16-11(3)13-6-8-17-14(9-13)20-15-18-10(2)12(4)19-15/h6,8-9,11,16H,5,7H2,1-4H3. The molecule has 0 aliphatic rings. The number of aryl methyl sites for hydroxylation is 2. The normalized spacial score (nSPS) is 12.6. The van der Waals surface area contributed by atoms with Crippen LogP contribution in [0, 0.1) is 13.8 Å². The summed E-state index contributed by atoms with van der Waals surface area (Å²) in [4.78, 5) is 8.74. The molecule has 0 spiro atoms. The predicted octanol–water partition coefficient (Wildman–Crippen LogP) is 3.90. The third kappa shape index (κ3) is 3.84. The van der Waals surface area contributed by atoms with Gasteiger partial charge in [-0.15, -0.1) is 0 Å². The number of hydrogen-bond donors (Lipinski definition) is 1. The van der Waals surface area contributed by atoms with E-state index in [9.17, 15) is 0 Å². The maximum absolute atomic E-state index is 5.58. The Morgan fingerprint density at radius 2 is 2.20 bits per heavy atom. The van der Waals surface area contributed by atoms with E-state index in [-0.39, 0.29) is 0 Å². The van der Waals surface area contributed by atoms with E-state index in [2.05, 4.69) is 35.2 Å². The van der Waals surface area contributed by atoms with Crippen LogP contribution in [-0.4, -0.2) is 16.5 Å². The Kier molecular flexibility index (Phi) is 5.20. The van der Waals surface area contributed by atoms with Crippen LogP contribution in [0.3, 0.4) is 0 Å². The quantitative estimate of drug-likeness (QED) is 0.874. The van der Waals surface area contributed by atoms with Gasteiger partial charge in [-0.25, -0.2) is 9.97 Å². The van der Waals surface area contributed by atoms with E-state index in [4.69, 9.17) is 4.42 Å². The Hall–Kier alpha value is -1.33. The van der Waals surface area contributed by atoms with E-state index in [0.717, 1.165) is 29.4 Å². The molecule has 5 heteroatoms. The smallest absolute Gasteiger partial charge is 0.262 e. The van der Waals surface area contributed by atoms with Crippen LogP contribution in [0.5, 0.6) is 0 Å². The fourth-order valence-electron chi connectivity index (χ4n) is 1.81. The van der Waals surface area contributed by atoms with Crippen molar-refractivity contribution in [2.45, 2.75) is 50.4 Å². The van der Waals surface area contributed by atoms with Crippen LogP contribution < -0.4 is 5.32 Å². The van der Waals surface area contributed by atoms with E-state index in [1.807, 2.05) is 26.1 Å². The van der Waals surface area contributed by atoms with Crippen molar-refractivity contribution < 1.29 is 4.42 Å². The summed E-state index contributed by atoms with van der Waals surface area (Å²) in [7, 11) is 0. The molecular formula is C15H21N3OS. The molecule has 1 atom stereocenters. The summed E-state index contributed by atoms with van der Waals surface area (Å²) in [6, 6.07) is 4.46. The maximum Gasteiger partial charge on any atom is 0.262 e. The summed E-state index contributed by atoms with van der Waals surface area (Å²) in [6.45, 7) is 9.22. The Balaban J connectivity index is 2.09. The molecule has 2 aromatic rings. The van der Waals surface area contributed by atoms with Crippen molar-refractivity contribution in [3.05, 3.63) is 35.3 Å². The molecule has 108 valence electrons. The summed E-state index contributed by atoms with van der Waals surface area (Å²) in [5.74, 6) is 0.863. The van der Waals surface area contributed by atoms with Gasteiger partial charge in [0.2, 0.25) is 0 Å². The average Bonchev–Trinajstić information content (AvgIpc) is 2.75. The number of hydrogen-bond acceptors (Lipinski definition) is 5. The Bertz CT molecular complexity index is 548. The van der Waals surface area contributed by atoms with Crippen molar-refractivity contribution in [1.29, 1.82) is 0 Å². The third-order valence-corrected chi connectivity index (χ3v) is 3.94. The van der Waals surface area contributed by atoms with Crippen LogP contribution in [0.15, 0.2) is 33.0 Å². The van der Waals surface area contributed by atoms with Crippen molar-refractivity contribution in [3.63, 3.8) is 0 Å². The van der Waals surface area contributed by atoms with Gasteiger partial charge in [-0.1, -0.05) is 6.92 Å². The van der Waals surface area contributed by atoms with Crippen LogP contribution in [0.1, 0.15) is 43.3 Å². The number of rotatable bonds is 6. The van der Waals surface area contributed by atoms with Crippen molar-refractivity contribution >= 4 is 11.8 Å². The van der Waals surface area contributed by atoms with Crippen molar-refractivity contribution in [3.8, 4) is 0 Å². The van der Waals surface area contributed by atoms with Gasteiger partial charge in [0.15, 0.2) is 0 Å². The molecule has 2 heterocycles. The Morgan fingerprint density at radius 1 is 1.40 bits per heavy atom. The van der Waals surface area contributed by atoms with Crippen LogP contribution in [-0.2, 0) is 0 Å². The monoisotopic (exact) mass is 291 g/mol. The lowest BCUT2D eigenvalue weighted by Gasteiger charge is -2.13. The molecule has 0 amide bonds. The predicted molar refractivity (Wildman–Crippen MR) is 81.0 cm³/mol. The van der Waals surface area contributed by atoms with Gasteiger partial charge in [0.05, 0.1) is 5.69 Å². The fraction of sp³-hybridized carbons (Fsp3) is 0.467. The molecule has 1 unspecified atom stereocenters. The molecule has 0 aliphatic heterocycles. The van der Waals surface area contributed by atoms with Crippen molar-refractivity contribution in [2.24, 2.45) is 0 Å². The van der Waals surface area contributed by atoms with E-state index < -0.39 is 0 Å². The largest absolute Gasteiger partial charge is 0.436 e. The molecule has 0 saturated carbocycles. The summed E-state index contributed by atoms with van der Waals surface area (Å²) in [5, 5.41) is 5.04. The zero-order chi connectivity index (χ0) is 14.5. The highest BCUT2D eigenvalue weighted by Gasteiger charge is 2.10. The number of nitrogens with zero attached hydrogens (tertiary/aromatic N) is 2. The Labute approximate surface area is 124 Å². The molecule has 20 heavy (non-hydrogen) atoms. The van der Waals surface area contributed by atoms with Crippen LogP contribution in [0.2, 0.25) is 0 Å². The maximum atomic E-state index is 5.58. The number of nitrogens with one attached hydrogen (secondary N) is 1. The molecule has 2 rings (SSSR count). The van der Waals surface area contributed by atoms with Crippen LogP contribution in [0.4, 0.5) is 0 Å². The average molecular weight is 291 g/mol. The van der Waals surface area contributed by atoms with E-state index in [0.29, 0.717) is 11.3 Å². The summed E-state index contributed by atoms with van der Waals surface area (Å²) < 4.78 is 5.58. The summed E-state index contributed by atoms with van der Waals surface area (Å²) in [6.07, 6.45) is 2.97. The second-order valence-corrected chi connectivity index (χ2v) is 5.80. The van der Waals surface area contributed by atoms with Gasteiger partial charge in [-0.3, -0.25) is 0 Å². The molecule has 4 nitrogen and oxygen atoms in total. The van der Waals surface area contributed by atoms with Crippen LogP contribution in [0.25, 0.3) is 0 Å². The topological polar surface area (TPSA) is 51.0 Å². The SMILES string of the molecule is CCCNC(C)c1ccnc(Sc2nc(C)c(C)o2)c1. The van der Waals surface area contributed by atoms with E-state index in [1.165, 1.54) is 17.3 Å². The van der Waals surface area contributed by atoms with E-state index >= 15 is 0 Å². The highest BCUT2D eigenvalue weighted by Crippen LogP contribution is 2.28. The lowest BCUT2D eigenvalue weighted by atomic mass is 10.1. The molecular weight excluding hydrogens is 270 g/mol. The lowest BCUT2D eigenvalue weighted by Crippen LogP contribution is -2.19. The summed E-state index contributed by atoms with van der Waals surface area (Å²) >= 11 is 1.46. The first kappa shape index (κ1) is 15.1. The summed E-state index contributed by atoms with van der Waals surface area (Å²) in [5.41, 5.74) is 2.16. The number of pyridine rings is 1. The lowest BCUT2D eigenvalue weighted by molar-refractivity contribution is 0.431. The first-order valence-electron chi connectivity index (χ1n) is 6.91. The minimum atomic E-state index is 0.324. The molecule has 0 aromatic carbocycles. The highest BCUT2D eigenvalue weighted by molar-refractivity contribution is 7.99. The molecule has 0 fully saturated rings. The Morgan fingerprint density at radius 3 is 2.85 bits per heavy atom. The first-order chi connectivity index (χ1) is 9.60. The van der Waals surface area contributed by atoms with Gasteiger partial charge in [-0.05, 0) is 63.2 Å². The molecule has 2 aromatic heterocycles. The number of oxazole rings is 1. The minimum Gasteiger partial charge on any atom is -0.436 e. The number of aromatic nitrogens is 2. The molecule has 0 bridgehead atoms. The van der Waals surface area contributed by atoms with Gasteiger partial charge in [0.1, 0.15) is 10.8 Å². The van der Waals surface area contributed by atoms with Crippen molar-refractivity contribution in [2.75, 3.05) is 6.54 Å². The zero-order valence-electron chi connectivity index (χ0n) is 12.4. The van der Waals surface area contributed by atoms with Gasteiger partial charge >= 0.3 is 0 Å². The molecule has 1 N–H and O–H groups in total. The fourth-order valence-corrected chi connectivity index (χ4v) is 2.64. The molecule has 0 radical (unpaired) electrons. The van der Waals surface area contributed by atoms with Gasteiger partial charge in [0, 0.05) is 12.2 Å². The van der Waals surface area contributed by atoms with E-state index in [1.54, 1.807) is 0 Å². The second kappa shape index (κ2) is 6.90. The second-order valence-electron chi connectivity index (χ2n) is 4.83. The van der Waals surface area contributed by atoms with Gasteiger partial charge in [-0.2, -0.15) is 0 Å². The van der Waals surface area contributed by atoms with Gasteiger partial charge < -0.3 is 9.73 Å². The first-order valence-corrected chi connectivity index (χ1v) is 7.73. The minimum absolute atomic E-state index is 0.324. The zero-order valence-corrected chi connectivity index (χ0v) is 13.3. The molecule has 0 saturated heterocycles. The van der Waals surface area contributed by atoms with Crippen LogP contribution >= 0.6 is 11.8 Å². The third-order valence-electron chi connectivity index (χ3n) is 3.16.